The van der Waals surface area contributed by atoms with Crippen LogP contribution in [0.25, 0.3) is 0 Å². The number of amides is 1. The van der Waals surface area contributed by atoms with Gasteiger partial charge in [0.25, 0.3) is 5.91 Å². The second kappa shape index (κ2) is 6.33. The van der Waals surface area contributed by atoms with E-state index in [9.17, 15) is 13.2 Å². The number of hydrogen-bond acceptors (Lipinski definition) is 3. The average Bonchev–Trinajstić information content (AvgIpc) is 2.68. The maximum atomic E-state index is 11.9. The van der Waals surface area contributed by atoms with Gasteiger partial charge in [0.15, 0.2) is 9.84 Å². The van der Waals surface area contributed by atoms with Crippen molar-refractivity contribution in [2.24, 2.45) is 5.92 Å². The molecule has 0 aromatic heterocycles. The molecule has 1 heterocycles. The summed E-state index contributed by atoms with van der Waals surface area (Å²) in [4.78, 5) is 11.9. The predicted molar refractivity (Wildman–Crippen MR) is 80.2 cm³/mol. The van der Waals surface area contributed by atoms with E-state index in [0.717, 1.165) is 0 Å². The molecular formula is C13H15Cl2NO3S. The fourth-order valence-corrected chi connectivity index (χ4v) is 4.66. The minimum absolute atomic E-state index is 0.140. The molecule has 110 valence electrons. The summed E-state index contributed by atoms with van der Waals surface area (Å²) in [5.41, 5.74) is 0.370. The van der Waals surface area contributed by atoms with E-state index >= 15 is 0 Å². The van der Waals surface area contributed by atoms with Crippen molar-refractivity contribution in [2.75, 3.05) is 18.1 Å². The SMILES string of the molecule is O=C(NCCC1CCS(=O)(=O)C1)c1ccc(Cl)cc1Cl. The van der Waals surface area contributed by atoms with Crippen LogP contribution in [0.15, 0.2) is 18.2 Å². The minimum atomic E-state index is -2.86. The number of carbonyl (C=O) groups is 1. The summed E-state index contributed by atoms with van der Waals surface area (Å²) < 4.78 is 22.6. The quantitative estimate of drug-likeness (QED) is 0.919. The molecule has 0 spiro atoms. The number of nitrogens with one attached hydrogen (secondary N) is 1. The Balaban J connectivity index is 1.84. The van der Waals surface area contributed by atoms with Gasteiger partial charge in [-0.15, -0.1) is 0 Å². The highest BCUT2D eigenvalue weighted by Gasteiger charge is 2.27. The molecule has 1 amide bonds. The van der Waals surface area contributed by atoms with Crippen LogP contribution in [0.1, 0.15) is 23.2 Å². The van der Waals surface area contributed by atoms with Crippen LogP contribution in [0.2, 0.25) is 10.0 Å². The number of carbonyl (C=O) groups excluding carboxylic acids is 1. The normalized spacial score (nSPS) is 20.8. The van der Waals surface area contributed by atoms with Crippen molar-refractivity contribution in [3.8, 4) is 0 Å². The molecule has 1 atom stereocenters. The van der Waals surface area contributed by atoms with Gasteiger partial charge in [0.05, 0.1) is 22.1 Å². The summed E-state index contributed by atoms with van der Waals surface area (Å²) in [6.07, 6.45) is 1.34. The van der Waals surface area contributed by atoms with Crippen LogP contribution in [0.3, 0.4) is 0 Å². The van der Waals surface area contributed by atoms with Gasteiger partial charge in [-0.25, -0.2) is 8.42 Å². The highest BCUT2D eigenvalue weighted by atomic mass is 35.5. The first-order chi connectivity index (χ1) is 9.37. The maximum absolute atomic E-state index is 11.9. The third-order valence-electron chi connectivity index (χ3n) is 3.34. The van der Waals surface area contributed by atoms with Gasteiger partial charge in [0.1, 0.15) is 0 Å². The first-order valence-corrected chi connectivity index (χ1v) is 8.89. The molecule has 0 aliphatic carbocycles. The highest BCUT2D eigenvalue weighted by molar-refractivity contribution is 7.91. The fraction of sp³-hybridized carbons (Fsp3) is 0.462. The number of halogens is 2. The standard InChI is InChI=1S/C13H15Cl2NO3S/c14-10-1-2-11(12(15)7-10)13(17)16-5-3-9-4-6-20(18,19)8-9/h1-2,7,9H,3-6,8H2,(H,16,17). The van der Waals surface area contributed by atoms with Crippen molar-refractivity contribution >= 4 is 38.9 Å². The summed E-state index contributed by atoms with van der Waals surface area (Å²) in [5.74, 6) is 0.354. The van der Waals surface area contributed by atoms with E-state index in [1.807, 2.05) is 0 Å². The van der Waals surface area contributed by atoms with E-state index in [4.69, 9.17) is 23.2 Å². The molecule has 1 unspecified atom stereocenters. The number of sulfone groups is 1. The Bertz CT molecular complexity index is 616. The van der Waals surface area contributed by atoms with Crippen LogP contribution in [0, 0.1) is 5.92 Å². The van der Waals surface area contributed by atoms with Gasteiger partial charge < -0.3 is 5.32 Å². The summed E-state index contributed by atoms with van der Waals surface area (Å²) in [5, 5.41) is 3.53. The molecule has 4 nitrogen and oxygen atoms in total. The molecule has 0 radical (unpaired) electrons. The van der Waals surface area contributed by atoms with Gasteiger partial charge in [0, 0.05) is 11.6 Å². The third-order valence-corrected chi connectivity index (χ3v) is 5.73. The van der Waals surface area contributed by atoms with E-state index in [0.29, 0.717) is 35.0 Å². The van der Waals surface area contributed by atoms with Crippen molar-refractivity contribution in [1.82, 2.24) is 5.32 Å². The summed E-state index contributed by atoms with van der Waals surface area (Å²) in [6.45, 7) is 0.442. The second-order valence-corrected chi connectivity index (χ2v) is 8.01. The number of hydrogen-bond donors (Lipinski definition) is 1. The van der Waals surface area contributed by atoms with Gasteiger partial charge in [-0.1, -0.05) is 23.2 Å². The molecule has 1 N–H and O–H groups in total. The number of rotatable bonds is 4. The largest absolute Gasteiger partial charge is 0.352 e. The Morgan fingerprint density at radius 2 is 2.10 bits per heavy atom. The van der Waals surface area contributed by atoms with E-state index < -0.39 is 9.84 Å². The van der Waals surface area contributed by atoms with Crippen molar-refractivity contribution in [1.29, 1.82) is 0 Å². The van der Waals surface area contributed by atoms with Crippen molar-refractivity contribution < 1.29 is 13.2 Å². The second-order valence-electron chi connectivity index (χ2n) is 4.94. The minimum Gasteiger partial charge on any atom is -0.352 e. The lowest BCUT2D eigenvalue weighted by molar-refractivity contribution is 0.0952. The molecule has 1 saturated heterocycles. The fourth-order valence-electron chi connectivity index (χ4n) is 2.26. The molecule has 20 heavy (non-hydrogen) atoms. The lowest BCUT2D eigenvalue weighted by Gasteiger charge is -2.10. The predicted octanol–water partition coefficient (Wildman–Crippen LogP) is 2.55. The van der Waals surface area contributed by atoms with E-state index in [1.54, 1.807) is 12.1 Å². The summed E-state index contributed by atoms with van der Waals surface area (Å²) in [7, 11) is -2.86. The van der Waals surface area contributed by atoms with E-state index in [-0.39, 0.29) is 23.3 Å². The molecule has 1 fully saturated rings. The van der Waals surface area contributed by atoms with Crippen molar-refractivity contribution in [3.63, 3.8) is 0 Å². The van der Waals surface area contributed by atoms with Crippen LogP contribution in [0.5, 0.6) is 0 Å². The van der Waals surface area contributed by atoms with Crippen molar-refractivity contribution in [2.45, 2.75) is 12.8 Å². The van der Waals surface area contributed by atoms with Gasteiger partial charge in [-0.2, -0.15) is 0 Å². The van der Waals surface area contributed by atoms with Crippen LogP contribution in [-0.4, -0.2) is 32.4 Å². The van der Waals surface area contributed by atoms with Crippen LogP contribution in [-0.2, 0) is 9.84 Å². The van der Waals surface area contributed by atoms with Gasteiger partial charge in [-0.05, 0) is 37.0 Å². The monoisotopic (exact) mass is 335 g/mol. The summed E-state index contributed by atoms with van der Waals surface area (Å²) in [6, 6.07) is 4.69. The Kier molecular flexibility index (Phi) is 4.94. The van der Waals surface area contributed by atoms with Crippen LogP contribution >= 0.6 is 23.2 Å². The summed E-state index contributed by atoms with van der Waals surface area (Å²) >= 11 is 11.7. The first-order valence-electron chi connectivity index (χ1n) is 6.31. The Labute approximate surface area is 128 Å². The van der Waals surface area contributed by atoms with Gasteiger partial charge in [0.2, 0.25) is 0 Å². The van der Waals surface area contributed by atoms with E-state index in [2.05, 4.69) is 5.32 Å². The molecular weight excluding hydrogens is 321 g/mol. The smallest absolute Gasteiger partial charge is 0.252 e. The zero-order valence-electron chi connectivity index (χ0n) is 10.7. The third kappa shape index (κ3) is 4.11. The lowest BCUT2D eigenvalue weighted by atomic mass is 10.1. The molecule has 0 saturated carbocycles. The Morgan fingerprint density at radius 3 is 2.70 bits per heavy atom. The number of benzene rings is 1. The van der Waals surface area contributed by atoms with Crippen LogP contribution < -0.4 is 5.32 Å². The van der Waals surface area contributed by atoms with Gasteiger partial charge in [-0.3, -0.25) is 4.79 Å². The molecule has 2 rings (SSSR count). The van der Waals surface area contributed by atoms with Crippen LogP contribution in [0.4, 0.5) is 0 Å². The molecule has 1 aromatic rings. The first kappa shape index (κ1) is 15.6. The highest BCUT2D eigenvalue weighted by Crippen LogP contribution is 2.22. The molecule has 1 aromatic carbocycles. The zero-order chi connectivity index (χ0) is 14.8. The lowest BCUT2D eigenvalue weighted by Crippen LogP contribution is -2.26. The zero-order valence-corrected chi connectivity index (χ0v) is 13.1. The molecule has 7 heteroatoms. The van der Waals surface area contributed by atoms with Gasteiger partial charge >= 0.3 is 0 Å². The Hall–Kier alpha value is -0.780. The average molecular weight is 336 g/mol. The Morgan fingerprint density at radius 1 is 1.35 bits per heavy atom. The van der Waals surface area contributed by atoms with E-state index in [1.165, 1.54) is 6.07 Å². The molecule has 1 aliphatic rings. The van der Waals surface area contributed by atoms with Crippen molar-refractivity contribution in [3.05, 3.63) is 33.8 Å². The molecule has 0 bridgehead atoms. The molecule has 1 aliphatic heterocycles. The maximum Gasteiger partial charge on any atom is 0.252 e. The topological polar surface area (TPSA) is 63.2 Å².